The number of ether oxygens (including phenoxy) is 1. The van der Waals surface area contributed by atoms with Crippen molar-refractivity contribution in [1.82, 2.24) is 0 Å². The van der Waals surface area contributed by atoms with Gasteiger partial charge in [-0.2, -0.15) is 0 Å². The van der Waals surface area contributed by atoms with E-state index >= 15 is 0 Å². The van der Waals surface area contributed by atoms with Crippen LogP contribution in [-0.4, -0.2) is 31.8 Å². The van der Waals surface area contributed by atoms with Crippen LogP contribution in [0.4, 0.5) is 0 Å². The van der Waals surface area contributed by atoms with Crippen LogP contribution < -0.4 is 0 Å². The lowest BCUT2D eigenvalue weighted by atomic mass is 10.2. The van der Waals surface area contributed by atoms with Gasteiger partial charge in [0.25, 0.3) is 0 Å². The molecule has 5 heteroatoms. The molecule has 0 saturated heterocycles. The summed E-state index contributed by atoms with van der Waals surface area (Å²) in [5, 5.41) is 0.199. The lowest BCUT2D eigenvalue weighted by molar-refractivity contribution is -0.145. The van der Waals surface area contributed by atoms with Gasteiger partial charge in [-0.25, -0.2) is 0 Å². The number of carbonyl (C=O) groups excluding carboxylic acids is 1. The average molecular weight is 325 g/mol. The van der Waals surface area contributed by atoms with Crippen molar-refractivity contribution in [1.29, 1.82) is 0 Å². The molecule has 3 nitrogen and oxygen atoms in total. The summed E-state index contributed by atoms with van der Waals surface area (Å²) in [6, 6.07) is 0. The Morgan fingerprint density at radius 2 is 1.82 bits per heavy atom. The number of halogens is 1. The van der Waals surface area contributed by atoms with Crippen LogP contribution in [0, 0.1) is 0 Å². The topological polar surface area (TPSA) is 35.5 Å². The SMILES string of the molecule is CC(=O)O[C@H](C)[C@@H](Br)CO[Si](C)(C)C(C)(C)C. The normalized spacial score (nSPS) is 16.5. The molecule has 0 aromatic rings. The van der Waals surface area contributed by atoms with Gasteiger partial charge in [-0.3, -0.25) is 4.79 Å². The van der Waals surface area contributed by atoms with Crippen molar-refractivity contribution in [3.63, 3.8) is 0 Å². The molecule has 0 aliphatic carbocycles. The van der Waals surface area contributed by atoms with Crippen LogP contribution in [0.15, 0.2) is 0 Å². The second kappa shape index (κ2) is 6.34. The van der Waals surface area contributed by atoms with E-state index in [4.69, 9.17) is 9.16 Å². The first-order valence-corrected chi connectivity index (χ1v) is 9.75. The van der Waals surface area contributed by atoms with E-state index in [-0.39, 0.29) is 21.9 Å². The van der Waals surface area contributed by atoms with E-state index in [0.29, 0.717) is 6.61 Å². The first kappa shape index (κ1) is 17.1. The number of hydrogen-bond donors (Lipinski definition) is 0. The highest BCUT2D eigenvalue weighted by Gasteiger charge is 2.37. The van der Waals surface area contributed by atoms with Crippen LogP contribution in [0.1, 0.15) is 34.6 Å². The lowest BCUT2D eigenvalue weighted by Gasteiger charge is -2.37. The zero-order valence-corrected chi connectivity index (χ0v) is 14.6. The lowest BCUT2D eigenvalue weighted by Crippen LogP contribution is -2.43. The Morgan fingerprint density at radius 3 is 2.18 bits per heavy atom. The molecular formula is C12H25BrO3Si. The number of rotatable bonds is 5. The van der Waals surface area contributed by atoms with E-state index < -0.39 is 8.32 Å². The van der Waals surface area contributed by atoms with Crippen molar-refractivity contribution >= 4 is 30.2 Å². The number of carbonyl (C=O) groups is 1. The third-order valence-corrected chi connectivity index (χ3v) is 8.78. The van der Waals surface area contributed by atoms with Crippen molar-refractivity contribution in [2.45, 2.75) is 63.7 Å². The molecule has 0 aromatic heterocycles. The molecule has 0 aromatic carbocycles. The molecule has 0 amide bonds. The van der Waals surface area contributed by atoms with E-state index in [0.717, 1.165) is 0 Å². The second-order valence-electron chi connectivity index (χ2n) is 5.90. The zero-order chi connectivity index (χ0) is 13.9. The van der Waals surface area contributed by atoms with Gasteiger partial charge in [-0.1, -0.05) is 36.7 Å². The van der Waals surface area contributed by atoms with Gasteiger partial charge in [0.15, 0.2) is 8.32 Å². The molecule has 0 rings (SSSR count). The van der Waals surface area contributed by atoms with Gasteiger partial charge in [-0.15, -0.1) is 0 Å². The average Bonchev–Trinajstić information content (AvgIpc) is 2.11. The predicted molar refractivity (Wildman–Crippen MR) is 77.1 cm³/mol. The molecule has 0 aliphatic rings. The molecule has 0 N–H and O–H groups in total. The van der Waals surface area contributed by atoms with Gasteiger partial charge < -0.3 is 9.16 Å². The molecule has 102 valence electrons. The van der Waals surface area contributed by atoms with E-state index in [2.05, 4.69) is 49.8 Å². The van der Waals surface area contributed by atoms with Crippen LogP contribution >= 0.6 is 15.9 Å². The molecular weight excluding hydrogens is 300 g/mol. The molecule has 0 saturated carbocycles. The molecule has 0 radical (unpaired) electrons. The van der Waals surface area contributed by atoms with Gasteiger partial charge in [0.2, 0.25) is 0 Å². The standard InChI is InChI=1S/C12H25BrO3Si/c1-9(16-10(2)14)11(13)8-15-17(6,7)12(3,4)5/h9,11H,8H2,1-7H3/t9-,11+/m1/s1. The highest BCUT2D eigenvalue weighted by molar-refractivity contribution is 9.09. The molecule has 0 aliphatic heterocycles. The zero-order valence-electron chi connectivity index (χ0n) is 12.0. The van der Waals surface area contributed by atoms with Gasteiger partial charge in [0.1, 0.15) is 6.10 Å². The van der Waals surface area contributed by atoms with E-state index in [1.807, 2.05) is 6.92 Å². The van der Waals surface area contributed by atoms with Crippen LogP contribution in [0.25, 0.3) is 0 Å². The number of esters is 1. The predicted octanol–water partition coefficient (Wildman–Crippen LogP) is 3.72. The maximum absolute atomic E-state index is 10.8. The molecule has 0 fully saturated rings. The fraction of sp³-hybridized carbons (Fsp3) is 0.917. The van der Waals surface area contributed by atoms with Crippen molar-refractivity contribution in [3.8, 4) is 0 Å². The molecule has 2 atom stereocenters. The van der Waals surface area contributed by atoms with Gasteiger partial charge in [0, 0.05) is 6.92 Å². The largest absolute Gasteiger partial charge is 0.462 e. The van der Waals surface area contributed by atoms with Crippen LogP contribution in [0.5, 0.6) is 0 Å². The van der Waals surface area contributed by atoms with E-state index in [9.17, 15) is 4.79 Å². The molecule has 0 spiro atoms. The summed E-state index contributed by atoms with van der Waals surface area (Å²) in [4.78, 5) is 10.9. The Morgan fingerprint density at radius 1 is 1.35 bits per heavy atom. The monoisotopic (exact) mass is 324 g/mol. The highest BCUT2D eigenvalue weighted by atomic mass is 79.9. The Hall–Kier alpha value is 0.127. The Kier molecular flexibility index (Phi) is 6.39. The Labute approximate surface area is 115 Å². The molecule has 17 heavy (non-hydrogen) atoms. The number of alkyl halides is 1. The summed E-state index contributed by atoms with van der Waals surface area (Å²) in [5.74, 6) is -0.255. The first-order chi connectivity index (χ1) is 7.47. The van der Waals surface area contributed by atoms with Gasteiger partial charge in [0.05, 0.1) is 11.4 Å². The maximum Gasteiger partial charge on any atom is 0.302 e. The number of hydrogen-bond acceptors (Lipinski definition) is 3. The van der Waals surface area contributed by atoms with Crippen LogP contribution in [-0.2, 0) is 14.0 Å². The third kappa shape index (κ3) is 6.02. The van der Waals surface area contributed by atoms with Crippen molar-refractivity contribution < 1.29 is 14.0 Å². The first-order valence-electron chi connectivity index (χ1n) is 5.92. The van der Waals surface area contributed by atoms with Crippen LogP contribution in [0.2, 0.25) is 18.1 Å². The Bertz CT molecular complexity index is 261. The minimum absolute atomic E-state index is 0.0422. The maximum atomic E-state index is 10.8. The summed E-state index contributed by atoms with van der Waals surface area (Å²) in [5.41, 5.74) is 0. The molecule has 0 bridgehead atoms. The Balaban J connectivity index is 4.24. The van der Waals surface area contributed by atoms with E-state index in [1.165, 1.54) is 6.92 Å². The molecule has 0 unspecified atom stereocenters. The third-order valence-electron chi connectivity index (χ3n) is 3.27. The minimum Gasteiger partial charge on any atom is -0.462 e. The smallest absolute Gasteiger partial charge is 0.302 e. The summed E-state index contributed by atoms with van der Waals surface area (Å²) in [7, 11) is -1.72. The summed E-state index contributed by atoms with van der Waals surface area (Å²) >= 11 is 3.51. The summed E-state index contributed by atoms with van der Waals surface area (Å²) in [6.07, 6.45) is -0.169. The fourth-order valence-electron chi connectivity index (χ4n) is 0.976. The van der Waals surface area contributed by atoms with Crippen molar-refractivity contribution in [2.24, 2.45) is 0 Å². The molecule has 0 heterocycles. The summed E-state index contributed by atoms with van der Waals surface area (Å²) in [6.45, 7) is 14.9. The van der Waals surface area contributed by atoms with Gasteiger partial charge in [-0.05, 0) is 25.1 Å². The quantitative estimate of drug-likeness (QED) is 0.439. The van der Waals surface area contributed by atoms with E-state index in [1.54, 1.807) is 0 Å². The second-order valence-corrected chi connectivity index (χ2v) is 11.9. The fourth-order valence-corrected chi connectivity index (χ4v) is 2.49. The van der Waals surface area contributed by atoms with Gasteiger partial charge >= 0.3 is 5.97 Å². The minimum atomic E-state index is -1.72. The highest BCUT2D eigenvalue weighted by Crippen LogP contribution is 2.36. The van der Waals surface area contributed by atoms with Crippen molar-refractivity contribution in [2.75, 3.05) is 6.61 Å². The van der Waals surface area contributed by atoms with Crippen LogP contribution in [0.3, 0.4) is 0 Å². The van der Waals surface area contributed by atoms with Crippen molar-refractivity contribution in [3.05, 3.63) is 0 Å². The summed E-state index contributed by atoms with van der Waals surface area (Å²) < 4.78 is 11.2.